The number of hydrogen-bond donors (Lipinski definition) is 0. The predicted octanol–water partition coefficient (Wildman–Crippen LogP) is 1.50. The van der Waals surface area contributed by atoms with E-state index < -0.39 is 0 Å². The van der Waals surface area contributed by atoms with Crippen LogP contribution in [0.4, 0.5) is 0 Å². The number of amides is 1. The van der Waals surface area contributed by atoms with E-state index in [2.05, 4.69) is 13.5 Å². The first-order chi connectivity index (χ1) is 5.25. The Morgan fingerprint density at radius 3 is 2.67 bits per heavy atom. The van der Waals surface area contributed by atoms with Gasteiger partial charge in [0.1, 0.15) is 0 Å². The number of rotatable bonds is 3. The van der Waals surface area contributed by atoms with Gasteiger partial charge in [-0.05, 0) is 13.0 Å². The molecular weight excluding hydrogens is 154 g/mol. The molecule has 0 spiro atoms. The molecular formula is C9H17NO2. The summed E-state index contributed by atoms with van der Waals surface area (Å²) in [6.07, 6.45) is 4.63. The molecule has 1 aliphatic rings. The van der Waals surface area contributed by atoms with Crippen LogP contribution in [0.1, 0.15) is 26.2 Å². The Kier molecular flexibility index (Phi) is 4.13. The molecule has 0 aromatic carbocycles. The second kappa shape index (κ2) is 4.38. The minimum Gasteiger partial charge on any atom is -0.870 e. The van der Waals surface area contributed by atoms with Gasteiger partial charge < -0.3 is 5.48 Å². The summed E-state index contributed by atoms with van der Waals surface area (Å²) in [7, 11) is 0. The van der Waals surface area contributed by atoms with Crippen molar-refractivity contribution in [3.05, 3.63) is 12.8 Å². The van der Waals surface area contributed by atoms with E-state index in [1.807, 2.05) is 0 Å². The van der Waals surface area contributed by atoms with E-state index >= 15 is 0 Å². The number of quaternary nitrogens is 1. The van der Waals surface area contributed by atoms with Gasteiger partial charge in [0.2, 0.25) is 0 Å². The Morgan fingerprint density at radius 1 is 1.67 bits per heavy atom. The molecule has 0 aromatic rings. The lowest BCUT2D eigenvalue weighted by Gasteiger charge is -2.25. The molecule has 3 nitrogen and oxygen atoms in total. The lowest BCUT2D eigenvalue weighted by Crippen LogP contribution is -2.43. The number of likely N-dealkylation sites (tertiary alicyclic amines) is 1. The van der Waals surface area contributed by atoms with Crippen LogP contribution in [0.5, 0.6) is 0 Å². The van der Waals surface area contributed by atoms with Crippen molar-refractivity contribution < 1.29 is 14.8 Å². The number of carbonyl (C=O) groups is 1. The zero-order chi connectivity index (χ0) is 8.32. The molecule has 3 heteroatoms. The van der Waals surface area contributed by atoms with E-state index in [9.17, 15) is 4.79 Å². The average Bonchev–Trinajstić information content (AvgIpc) is 2.35. The van der Waals surface area contributed by atoms with Crippen LogP contribution in [0.2, 0.25) is 0 Å². The van der Waals surface area contributed by atoms with Crippen LogP contribution >= 0.6 is 0 Å². The van der Waals surface area contributed by atoms with Crippen LogP contribution < -0.4 is 0 Å². The van der Waals surface area contributed by atoms with E-state index in [1.165, 1.54) is 0 Å². The highest BCUT2D eigenvalue weighted by Gasteiger charge is 2.37. The van der Waals surface area contributed by atoms with Crippen molar-refractivity contribution in [1.82, 2.24) is 0 Å². The highest BCUT2D eigenvalue weighted by molar-refractivity contribution is 5.71. The lowest BCUT2D eigenvalue weighted by atomic mass is 10.3. The first-order valence-electron chi connectivity index (χ1n) is 4.29. The van der Waals surface area contributed by atoms with Crippen LogP contribution in [-0.2, 0) is 4.79 Å². The fourth-order valence-corrected chi connectivity index (χ4v) is 1.78. The maximum Gasteiger partial charge on any atom is 0.318 e. The van der Waals surface area contributed by atoms with Gasteiger partial charge in [0.15, 0.2) is 0 Å². The molecule has 1 heterocycles. The van der Waals surface area contributed by atoms with Crippen molar-refractivity contribution in [3.63, 3.8) is 0 Å². The van der Waals surface area contributed by atoms with Gasteiger partial charge in [-0.3, -0.25) is 0 Å². The molecule has 12 heavy (non-hydrogen) atoms. The summed E-state index contributed by atoms with van der Waals surface area (Å²) in [6, 6.07) is 0. The first-order valence-corrected chi connectivity index (χ1v) is 4.29. The largest absolute Gasteiger partial charge is 0.870 e. The Labute approximate surface area is 73.6 Å². The fourth-order valence-electron chi connectivity index (χ4n) is 1.78. The Balaban J connectivity index is 0.00000121. The Hall–Kier alpha value is -0.670. The third-order valence-corrected chi connectivity index (χ3v) is 2.42. The van der Waals surface area contributed by atoms with Gasteiger partial charge in [0.25, 0.3) is 0 Å². The van der Waals surface area contributed by atoms with Gasteiger partial charge in [0.05, 0.1) is 25.7 Å². The van der Waals surface area contributed by atoms with Crippen molar-refractivity contribution in [2.75, 3.05) is 13.1 Å². The van der Waals surface area contributed by atoms with Crippen molar-refractivity contribution >= 4 is 5.91 Å². The number of carbonyl (C=O) groups excluding carboxylic acids is 1. The fraction of sp³-hybridized carbons (Fsp3) is 0.667. The molecule has 1 unspecified atom stereocenters. The summed E-state index contributed by atoms with van der Waals surface area (Å²) < 4.78 is 0.524. The van der Waals surface area contributed by atoms with Crippen LogP contribution in [0, 0.1) is 0 Å². The Bertz CT molecular complexity index is 179. The molecule has 1 saturated heterocycles. The van der Waals surface area contributed by atoms with Crippen molar-refractivity contribution in [3.8, 4) is 0 Å². The smallest absolute Gasteiger partial charge is 0.318 e. The molecule has 0 aliphatic carbocycles. The zero-order valence-electron chi connectivity index (χ0n) is 7.62. The minimum absolute atomic E-state index is 0. The second-order valence-electron chi connectivity index (χ2n) is 3.16. The van der Waals surface area contributed by atoms with E-state index in [-0.39, 0.29) is 5.48 Å². The van der Waals surface area contributed by atoms with E-state index in [1.54, 1.807) is 6.20 Å². The maximum absolute atomic E-state index is 11.4. The van der Waals surface area contributed by atoms with Gasteiger partial charge in [-0.1, -0.05) is 6.92 Å². The molecule has 1 amide bonds. The molecule has 0 aromatic heterocycles. The zero-order valence-corrected chi connectivity index (χ0v) is 7.62. The molecule has 0 bridgehead atoms. The van der Waals surface area contributed by atoms with E-state index in [0.717, 1.165) is 32.4 Å². The molecule has 70 valence electrons. The quantitative estimate of drug-likeness (QED) is 0.604. The Morgan fingerprint density at radius 2 is 2.33 bits per heavy atom. The van der Waals surface area contributed by atoms with Crippen LogP contribution in [0.15, 0.2) is 12.8 Å². The maximum atomic E-state index is 11.4. The van der Waals surface area contributed by atoms with Crippen molar-refractivity contribution in [1.29, 1.82) is 0 Å². The molecule has 0 saturated carbocycles. The molecule has 1 atom stereocenters. The topological polar surface area (TPSA) is 47.1 Å². The van der Waals surface area contributed by atoms with Crippen molar-refractivity contribution in [2.45, 2.75) is 26.2 Å². The third kappa shape index (κ3) is 1.73. The first kappa shape index (κ1) is 11.3. The van der Waals surface area contributed by atoms with Gasteiger partial charge in [-0.15, -0.1) is 0 Å². The van der Waals surface area contributed by atoms with Crippen LogP contribution in [-0.4, -0.2) is 29.0 Å². The van der Waals surface area contributed by atoms with Crippen LogP contribution in [0.25, 0.3) is 0 Å². The van der Waals surface area contributed by atoms with Gasteiger partial charge in [-0.2, -0.15) is 0 Å². The molecule has 0 radical (unpaired) electrons. The summed E-state index contributed by atoms with van der Waals surface area (Å²) in [5.41, 5.74) is 0. The summed E-state index contributed by atoms with van der Waals surface area (Å²) in [5, 5.41) is 0. The molecule has 1 rings (SSSR count). The van der Waals surface area contributed by atoms with Gasteiger partial charge in [0, 0.05) is 6.42 Å². The van der Waals surface area contributed by atoms with Gasteiger partial charge in [-0.25, -0.2) is 9.28 Å². The minimum atomic E-state index is 0. The number of hydrogen-bond acceptors (Lipinski definition) is 2. The SMILES string of the molecule is C=C[N+]1(CCC)CCCC1=O.[OH-]. The predicted molar refractivity (Wildman–Crippen MR) is 46.7 cm³/mol. The van der Waals surface area contributed by atoms with Gasteiger partial charge >= 0.3 is 5.91 Å². The normalized spacial score (nSPS) is 28.2. The number of nitrogens with zero attached hydrogens (tertiary/aromatic N) is 1. The van der Waals surface area contributed by atoms with Crippen molar-refractivity contribution in [2.24, 2.45) is 0 Å². The molecule has 1 fully saturated rings. The average molecular weight is 171 g/mol. The molecule has 1 aliphatic heterocycles. The van der Waals surface area contributed by atoms with E-state index in [0.29, 0.717) is 10.4 Å². The summed E-state index contributed by atoms with van der Waals surface area (Å²) in [6.45, 7) is 7.74. The third-order valence-electron chi connectivity index (χ3n) is 2.42. The summed E-state index contributed by atoms with van der Waals surface area (Å²) in [4.78, 5) is 11.4. The highest BCUT2D eigenvalue weighted by Crippen LogP contribution is 2.21. The summed E-state index contributed by atoms with van der Waals surface area (Å²) >= 11 is 0. The molecule has 1 N–H and O–H groups in total. The highest BCUT2D eigenvalue weighted by atomic mass is 16.2. The monoisotopic (exact) mass is 171 g/mol. The van der Waals surface area contributed by atoms with E-state index in [4.69, 9.17) is 0 Å². The standard InChI is InChI=1S/C9H16NO.H2O/c1-3-7-10(4-2)8-5-6-9(10)11;/h4H,2-3,5-8H2,1H3;1H2/q+1;/p-1. The van der Waals surface area contributed by atoms with Crippen LogP contribution in [0.3, 0.4) is 0 Å². The second-order valence-corrected chi connectivity index (χ2v) is 3.16. The summed E-state index contributed by atoms with van der Waals surface area (Å²) in [5.74, 6) is 0.349. The lowest BCUT2D eigenvalue weighted by molar-refractivity contribution is -0.794.